The van der Waals surface area contributed by atoms with Gasteiger partial charge in [0.25, 0.3) is 0 Å². The SMILES string of the molecule is Nc1c(-c2cccc(Cl)c2)ccnc1-c1ccccc1Cl. The molecule has 1 aromatic heterocycles. The summed E-state index contributed by atoms with van der Waals surface area (Å²) in [4.78, 5) is 4.38. The summed E-state index contributed by atoms with van der Waals surface area (Å²) >= 11 is 12.3. The molecule has 2 N–H and O–H groups in total. The highest BCUT2D eigenvalue weighted by Gasteiger charge is 2.12. The Hall–Kier alpha value is -2.03. The number of rotatable bonds is 2. The van der Waals surface area contributed by atoms with Crippen molar-refractivity contribution in [2.75, 3.05) is 5.73 Å². The van der Waals surface area contributed by atoms with Crippen molar-refractivity contribution in [3.05, 3.63) is 70.8 Å². The summed E-state index contributed by atoms with van der Waals surface area (Å²) in [5, 5.41) is 1.29. The number of nitrogens with zero attached hydrogens (tertiary/aromatic N) is 1. The lowest BCUT2D eigenvalue weighted by Crippen LogP contribution is -1.97. The molecule has 0 atom stereocenters. The minimum absolute atomic E-state index is 0.591. The molecule has 0 fully saturated rings. The molecule has 0 bridgehead atoms. The second-order valence-electron chi connectivity index (χ2n) is 4.61. The van der Waals surface area contributed by atoms with Gasteiger partial charge >= 0.3 is 0 Å². The Morgan fingerprint density at radius 2 is 1.67 bits per heavy atom. The summed E-state index contributed by atoms with van der Waals surface area (Å²) in [6.45, 7) is 0. The Bertz CT molecular complexity index is 800. The standard InChI is InChI=1S/C17H12Cl2N2/c18-12-5-3-4-11(10-12)13-8-9-21-17(16(13)20)14-6-1-2-7-15(14)19/h1-10H,20H2. The molecule has 0 spiro atoms. The first-order valence-corrected chi connectivity index (χ1v) is 7.18. The molecule has 0 aliphatic heterocycles. The number of hydrogen-bond donors (Lipinski definition) is 1. The summed E-state index contributed by atoms with van der Waals surface area (Å²) in [5.41, 5.74) is 10.2. The Morgan fingerprint density at radius 1 is 0.857 bits per heavy atom. The molecule has 4 heteroatoms. The lowest BCUT2D eigenvalue weighted by Gasteiger charge is -2.11. The molecular formula is C17H12Cl2N2. The minimum Gasteiger partial charge on any atom is -0.396 e. The fourth-order valence-electron chi connectivity index (χ4n) is 2.25. The van der Waals surface area contributed by atoms with E-state index in [4.69, 9.17) is 28.9 Å². The zero-order valence-electron chi connectivity index (χ0n) is 11.1. The van der Waals surface area contributed by atoms with Gasteiger partial charge in [-0.3, -0.25) is 4.98 Å². The predicted molar refractivity (Wildman–Crippen MR) is 89.5 cm³/mol. The van der Waals surface area contributed by atoms with Crippen LogP contribution in [-0.4, -0.2) is 4.98 Å². The minimum atomic E-state index is 0.591. The maximum atomic E-state index is 6.30. The number of hydrogen-bond acceptors (Lipinski definition) is 2. The summed E-state index contributed by atoms with van der Waals surface area (Å²) in [6, 6.07) is 17.0. The molecule has 2 nitrogen and oxygen atoms in total. The van der Waals surface area contributed by atoms with Crippen LogP contribution in [0.1, 0.15) is 0 Å². The van der Waals surface area contributed by atoms with Crippen molar-refractivity contribution in [2.45, 2.75) is 0 Å². The zero-order chi connectivity index (χ0) is 14.8. The Kier molecular flexibility index (Phi) is 3.82. The van der Waals surface area contributed by atoms with E-state index in [1.54, 1.807) is 6.20 Å². The fraction of sp³-hybridized carbons (Fsp3) is 0. The van der Waals surface area contributed by atoms with Gasteiger partial charge in [-0.1, -0.05) is 53.5 Å². The topological polar surface area (TPSA) is 38.9 Å². The second-order valence-corrected chi connectivity index (χ2v) is 5.45. The number of halogens is 2. The van der Waals surface area contributed by atoms with Crippen LogP contribution in [0.3, 0.4) is 0 Å². The summed E-state index contributed by atoms with van der Waals surface area (Å²) < 4.78 is 0. The third-order valence-corrected chi connectivity index (χ3v) is 3.82. The highest BCUT2D eigenvalue weighted by molar-refractivity contribution is 6.33. The smallest absolute Gasteiger partial charge is 0.0952 e. The van der Waals surface area contributed by atoms with Gasteiger partial charge in [0, 0.05) is 22.3 Å². The van der Waals surface area contributed by atoms with Crippen LogP contribution in [-0.2, 0) is 0 Å². The molecule has 0 unspecified atom stereocenters. The van der Waals surface area contributed by atoms with Crippen LogP contribution in [0.15, 0.2) is 60.8 Å². The van der Waals surface area contributed by atoms with Gasteiger partial charge in [0.1, 0.15) is 0 Å². The first-order chi connectivity index (χ1) is 10.2. The largest absolute Gasteiger partial charge is 0.396 e. The normalized spacial score (nSPS) is 10.6. The van der Waals surface area contributed by atoms with Gasteiger partial charge in [-0.15, -0.1) is 0 Å². The summed E-state index contributed by atoms with van der Waals surface area (Å²) in [6.07, 6.45) is 1.73. The van der Waals surface area contributed by atoms with Gasteiger partial charge < -0.3 is 5.73 Å². The van der Waals surface area contributed by atoms with E-state index in [-0.39, 0.29) is 0 Å². The molecule has 0 saturated carbocycles. The van der Waals surface area contributed by atoms with Gasteiger partial charge in [0.2, 0.25) is 0 Å². The average Bonchev–Trinajstić information content (AvgIpc) is 2.48. The van der Waals surface area contributed by atoms with Crippen molar-refractivity contribution < 1.29 is 0 Å². The van der Waals surface area contributed by atoms with E-state index >= 15 is 0 Å². The van der Waals surface area contributed by atoms with Crippen LogP contribution < -0.4 is 5.73 Å². The maximum Gasteiger partial charge on any atom is 0.0952 e. The van der Waals surface area contributed by atoms with E-state index in [0.29, 0.717) is 21.4 Å². The Labute approximate surface area is 133 Å². The van der Waals surface area contributed by atoms with Crippen LogP contribution in [0.4, 0.5) is 5.69 Å². The van der Waals surface area contributed by atoms with E-state index in [1.165, 1.54) is 0 Å². The van der Waals surface area contributed by atoms with Gasteiger partial charge in [-0.2, -0.15) is 0 Å². The third kappa shape index (κ3) is 2.73. The van der Waals surface area contributed by atoms with E-state index in [2.05, 4.69) is 4.98 Å². The zero-order valence-corrected chi connectivity index (χ0v) is 12.6. The fourth-order valence-corrected chi connectivity index (χ4v) is 2.66. The molecule has 0 radical (unpaired) electrons. The number of pyridine rings is 1. The molecule has 0 saturated heterocycles. The molecule has 21 heavy (non-hydrogen) atoms. The second kappa shape index (κ2) is 5.76. The highest BCUT2D eigenvalue weighted by atomic mass is 35.5. The molecule has 104 valence electrons. The quantitative estimate of drug-likeness (QED) is 0.696. The monoisotopic (exact) mass is 314 g/mol. The lowest BCUT2D eigenvalue weighted by molar-refractivity contribution is 1.33. The Balaban J connectivity index is 2.18. The predicted octanol–water partition coefficient (Wildman–Crippen LogP) is 5.30. The van der Waals surface area contributed by atoms with E-state index in [0.717, 1.165) is 16.7 Å². The lowest BCUT2D eigenvalue weighted by atomic mass is 10.0. The molecule has 3 rings (SSSR count). The van der Waals surface area contributed by atoms with Crippen LogP contribution >= 0.6 is 23.2 Å². The molecule has 0 amide bonds. The van der Waals surface area contributed by atoms with Crippen LogP contribution in [0, 0.1) is 0 Å². The molecule has 0 aliphatic rings. The number of nitrogens with two attached hydrogens (primary N) is 1. The third-order valence-electron chi connectivity index (χ3n) is 3.25. The first kappa shape index (κ1) is 13.9. The molecule has 0 aliphatic carbocycles. The van der Waals surface area contributed by atoms with Gasteiger partial charge in [-0.25, -0.2) is 0 Å². The van der Waals surface area contributed by atoms with Crippen molar-refractivity contribution in [2.24, 2.45) is 0 Å². The van der Waals surface area contributed by atoms with Gasteiger partial charge in [0.05, 0.1) is 16.4 Å². The average molecular weight is 315 g/mol. The molecule has 1 heterocycles. The Morgan fingerprint density at radius 3 is 2.43 bits per heavy atom. The van der Waals surface area contributed by atoms with Crippen LogP contribution in [0.2, 0.25) is 10.0 Å². The maximum absolute atomic E-state index is 6.30. The van der Waals surface area contributed by atoms with Crippen molar-refractivity contribution in [3.63, 3.8) is 0 Å². The van der Waals surface area contributed by atoms with Crippen molar-refractivity contribution in [1.82, 2.24) is 4.98 Å². The van der Waals surface area contributed by atoms with Gasteiger partial charge in [-0.05, 0) is 29.8 Å². The summed E-state index contributed by atoms with van der Waals surface area (Å²) in [5.74, 6) is 0. The van der Waals surface area contributed by atoms with E-state index in [1.807, 2.05) is 54.6 Å². The van der Waals surface area contributed by atoms with Crippen LogP contribution in [0.5, 0.6) is 0 Å². The number of benzene rings is 2. The van der Waals surface area contributed by atoms with Gasteiger partial charge in [0.15, 0.2) is 0 Å². The number of anilines is 1. The molecule has 2 aromatic carbocycles. The summed E-state index contributed by atoms with van der Waals surface area (Å²) in [7, 11) is 0. The number of nitrogen functional groups attached to an aromatic ring is 1. The van der Waals surface area contributed by atoms with Crippen molar-refractivity contribution >= 4 is 28.9 Å². The van der Waals surface area contributed by atoms with Crippen LogP contribution in [0.25, 0.3) is 22.4 Å². The van der Waals surface area contributed by atoms with Crippen molar-refractivity contribution in [1.29, 1.82) is 0 Å². The molecular weight excluding hydrogens is 303 g/mol. The van der Waals surface area contributed by atoms with E-state index < -0.39 is 0 Å². The number of aromatic nitrogens is 1. The van der Waals surface area contributed by atoms with Crippen molar-refractivity contribution in [3.8, 4) is 22.4 Å². The highest BCUT2D eigenvalue weighted by Crippen LogP contribution is 2.36. The first-order valence-electron chi connectivity index (χ1n) is 6.42. The molecule has 3 aromatic rings. The van der Waals surface area contributed by atoms with E-state index in [9.17, 15) is 0 Å².